The molecule has 1 aliphatic heterocycles. The van der Waals surface area contributed by atoms with Crippen LogP contribution in [0, 0.1) is 6.92 Å². The average Bonchev–Trinajstić information content (AvgIpc) is 3.23. The predicted molar refractivity (Wildman–Crippen MR) is 119 cm³/mol. The van der Waals surface area contributed by atoms with Crippen LogP contribution in [0.1, 0.15) is 27.4 Å². The second kappa shape index (κ2) is 9.45. The second-order valence-electron chi connectivity index (χ2n) is 7.58. The fraction of sp³-hybridized carbons (Fsp3) is 0.348. The van der Waals surface area contributed by atoms with Crippen molar-refractivity contribution in [1.82, 2.24) is 19.9 Å². The molecule has 1 saturated heterocycles. The summed E-state index contributed by atoms with van der Waals surface area (Å²) in [7, 11) is 0. The Morgan fingerprint density at radius 1 is 1.03 bits per heavy atom. The van der Waals surface area contributed by atoms with Crippen LogP contribution >= 0.6 is 11.8 Å². The molecule has 1 fully saturated rings. The summed E-state index contributed by atoms with van der Waals surface area (Å²) in [6, 6.07) is 16.0. The maximum absolute atomic E-state index is 12.8. The van der Waals surface area contributed by atoms with Crippen molar-refractivity contribution in [2.24, 2.45) is 0 Å². The van der Waals surface area contributed by atoms with E-state index in [2.05, 4.69) is 28.2 Å². The van der Waals surface area contributed by atoms with Gasteiger partial charge in [-0.05, 0) is 30.9 Å². The summed E-state index contributed by atoms with van der Waals surface area (Å²) in [5.41, 5.74) is 4.15. The second-order valence-corrected chi connectivity index (χ2v) is 8.44. The van der Waals surface area contributed by atoms with Gasteiger partial charge < -0.3 is 9.42 Å². The first-order chi connectivity index (χ1) is 14.6. The first-order valence-electron chi connectivity index (χ1n) is 10.1. The van der Waals surface area contributed by atoms with E-state index < -0.39 is 0 Å². The Labute approximate surface area is 181 Å². The molecule has 0 spiro atoms. The molecule has 0 saturated carbocycles. The zero-order valence-electron chi connectivity index (χ0n) is 17.4. The zero-order valence-corrected chi connectivity index (χ0v) is 18.2. The third-order valence-corrected chi connectivity index (χ3v) is 5.93. The van der Waals surface area contributed by atoms with Crippen LogP contribution in [0.25, 0.3) is 11.4 Å². The molecule has 4 rings (SSSR count). The van der Waals surface area contributed by atoms with Gasteiger partial charge in [-0.25, -0.2) is 0 Å². The molecule has 0 bridgehead atoms. The lowest BCUT2D eigenvalue weighted by Gasteiger charge is -2.34. The summed E-state index contributed by atoms with van der Waals surface area (Å²) in [6.45, 7) is 5.63. The Hall–Kier alpha value is -2.64. The molecular formula is C23H26N4O2S. The molecular weight excluding hydrogens is 396 g/mol. The van der Waals surface area contributed by atoms with Crippen LogP contribution in [0.4, 0.5) is 0 Å². The summed E-state index contributed by atoms with van der Waals surface area (Å²) < 4.78 is 5.44. The number of aryl methyl sites for hydroxylation is 1. The van der Waals surface area contributed by atoms with Crippen molar-refractivity contribution in [3.8, 4) is 11.4 Å². The molecule has 0 unspecified atom stereocenters. The number of rotatable bonds is 6. The minimum Gasteiger partial charge on any atom is -0.338 e. The number of carbonyl (C=O) groups excluding carboxylic acids is 1. The minimum atomic E-state index is 0.102. The molecule has 6 nitrogen and oxygen atoms in total. The highest BCUT2D eigenvalue weighted by molar-refractivity contribution is 7.97. The average molecular weight is 423 g/mol. The largest absolute Gasteiger partial charge is 0.338 e. The molecule has 0 radical (unpaired) electrons. The maximum Gasteiger partial charge on any atom is 0.253 e. The molecule has 30 heavy (non-hydrogen) atoms. The number of carbonyl (C=O) groups is 1. The highest BCUT2D eigenvalue weighted by Crippen LogP contribution is 2.18. The summed E-state index contributed by atoms with van der Waals surface area (Å²) in [5, 5.41) is 4.11. The normalized spacial score (nSPS) is 14.8. The number of thioether (sulfide) groups is 1. The Balaban J connectivity index is 1.30. The van der Waals surface area contributed by atoms with E-state index in [0.717, 1.165) is 30.0 Å². The maximum atomic E-state index is 12.8. The van der Waals surface area contributed by atoms with E-state index in [1.807, 2.05) is 53.4 Å². The zero-order chi connectivity index (χ0) is 20.9. The van der Waals surface area contributed by atoms with Gasteiger partial charge in [0.05, 0.1) is 6.54 Å². The van der Waals surface area contributed by atoms with E-state index in [-0.39, 0.29) is 5.91 Å². The summed E-state index contributed by atoms with van der Waals surface area (Å²) >= 11 is 1.78. The number of benzene rings is 2. The molecule has 156 valence electrons. The molecule has 1 aliphatic rings. The number of hydrogen-bond donors (Lipinski definition) is 0. The number of amides is 1. The van der Waals surface area contributed by atoms with E-state index in [1.165, 1.54) is 11.1 Å². The number of aromatic nitrogens is 2. The van der Waals surface area contributed by atoms with Crippen molar-refractivity contribution in [1.29, 1.82) is 0 Å². The van der Waals surface area contributed by atoms with Crippen LogP contribution in [0.15, 0.2) is 53.1 Å². The molecule has 7 heteroatoms. The van der Waals surface area contributed by atoms with Crippen molar-refractivity contribution < 1.29 is 9.32 Å². The molecule has 1 aromatic heterocycles. The van der Waals surface area contributed by atoms with Gasteiger partial charge in [-0.15, -0.1) is 0 Å². The lowest BCUT2D eigenvalue weighted by Crippen LogP contribution is -2.48. The molecule has 3 aromatic rings. The van der Waals surface area contributed by atoms with Crippen LogP contribution in [-0.2, 0) is 12.3 Å². The first kappa shape index (κ1) is 20.6. The lowest BCUT2D eigenvalue weighted by atomic mass is 10.1. The Bertz CT molecular complexity index is 977. The monoisotopic (exact) mass is 422 g/mol. The lowest BCUT2D eigenvalue weighted by molar-refractivity contribution is 0.0615. The van der Waals surface area contributed by atoms with Gasteiger partial charge in [0.1, 0.15) is 0 Å². The molecule has 2 heterocycles. The van der Waals surface area contributed by atoms with E-state index in [0.29, 0.717) is 31.3 Å². The van der Waals surface area contributed by atoms with Gasteiger partial charge in [0.25, 0.3) is 5.91 Å². The van der Waals surface area contributed by atoms with Crippen molar-refractivity contribution in [3.05, 3.63) is 71.1 Å². The fourth-order valence-corrected chi connectivity index (χ4v) is 4.06. The van der Waals surface area contributed by atoms with E-state index in [9.17, 15) is 4.79 Å². The SMILES string of the molecule is CSCc1ccc(C(=O)N2CCN(Cc3nc(-c4ccc(C)cc4)no3)CC2)cc1. The highest BCUT2D eigenvalue weighted by atomic mass is 32.2. The van der Waals surface area contributed by atoms with Crippen molar-refractivity contribution in [2.45, 2.75) is 19.2 Å². The smallest absolute Gasteiger partial charge is 0.253 e. The Morgan fingerprint density at radius 2 is 1.73 bits per heavy atom. The van der Waals surface area contributed by atoms with Crippen molar-refractivity contribution in [3.63, 3.8) is 0 Å². The quantitative estimate of drug-likeness (QED) is 0.601. The number of piperazine rings is 1. The van der Waals surface area contributed by atoms with Crippen molar-refractivity contribution >= 4 is 17.7 Å². The third-order valence-electron chi connectivity index (χ3n) is 5.31. The van der Waals surface area contributed by atoms with Crippen LogP contribution in [0.2, 0.25) is 0 Å². The van der Waals surface area contributed by atoms with Gasteiger partial charge in [0, 0.05) is 43.1 Å². The first-order valence-corrected chi connectivity index (χ1v) is 11.5. The summed E-state index contributed by atoms with van der Waals surface area (Å²) in [5.74, 6) is 2.29. The standard InChI is InChI=1S/C23H26N4O2S/c1-17-3-7-19(8-4-17)22-24-21(29-25-22)15-26-11-13-27(14-12-26)23(28)20-9-5-18(6-10-20)16-30-2/h3-10H,11-16H2,1-2H3. The summed E-state index contributed by atoms with van der Waals surface area (Å²) in [6.07, 6.45) is 2.08. The molecule has 1 amide bonds. The predicted octanol–water partition coefficient (Wildman–Crippen LogP) is 3.87. The van der Waals surface area contributed by atoms with Gasteiger partial charge in [0.2, 0.25) is 11.7 Å². The summed E-state index contributed by atoms with van der Waals surface area (Å²) in [4.78, 5) is 21.5. The van der Waals surface area contributed by atoms with E-state index >= 15 is 0 Å². The van der Waals surface area contributed by atoms with Gasteiger partial charge in [0.15, 0.2) is 0 Å². The van der Waals surface area contributed by atoms with Gasteiger partial charge >= 0.3 is 0 Å². The van der Waals surface area contributed by atoms with Gasteiger partial charge in [-0.1, -0.05) is 47.1 Å². The number of hydrogen-bond acceptors (Lipinski definition) is 6. The van der Waals surface area contributed by atoms with Gasteiger partial charge in [-0.3, -0.25) is 9.69 Å². The van der Waals surface area contributed by atoms with Crippen molar-refractivity contribution in [2.75, 3.05) is 32.4 Å². The molecule has 0 aliphatic carbocycles. The van der Waals surface area contributed by atoms with Crippen LogP contribution < -0.4 is 0 Å². The van der Waals surface area contributed by atoms with Crippen LogP contribution in [-0.4, -0.2) is 58.3 Å². The van der Waals surface area contributed by atoms with Crippen LogP contribution in [0.5, 0.6) is 0 Å². The van der Waals surface area contributed by atoms with E-state index in [1.54, 1.807) is 11.8 Å². The van der Waals surface area contributed by atoms with Crippen LogP contribution in [0.3, 0.4) is 0 Å². The molecule has 0 atom stereocenters. The fourth-order valence-electron chi connectivity index (χ4n) is 3.53. The molecule has 2 aromatic carbocycles. The topological polar surface area (TPSA) is 62.5 Å². The Kier molecular flexibility index (Phi) is 6.50. The number of nitrogens with zero attached hydrogens (tertiary/aromatic N) is 4. The Morgan fingerprint density at radius 3 is 2.40 bits per heavy atom. The highest BCUT2D eigenvalue weighted by Gasteiger charge is 2.23. The van der Waals surface area contributed by atoms with E-state index in [4.69, 9.17) is 4.52 Å². The molecule has 0 N–H and O–H groups in total. The third kappa shape index (κ3) is 4.91. The minimum absolute atomic E-state index is 0.102. The van der Waals surface area contributed by atoms with Gasteiger partial charge in [-0.2, -0.15) is 16.7 Å².